The summed E-state index contributed by atoms with van der Waals surface area (Å²) in [5.74, 6) is 0.462. The molecule has 0 unspecified atom stereocenters. The molecule has 1 atom stereocenters. The summed E-state index contributed by atoms with van der Waals surface area (Å²) in [6.45, 7) is 6.60. The number of aromatic nitrogens is 3. The highest BCUT2D eigenvalue weighted by Crippen LogP contribution is 2.28. The van der Waals surface area contributed by atoms with Gasteiger partial charge in [0, 0.05) is 43.5 Å². The van der Waals surface area contributed by atoms with Gasteiger partial charge in [0.05, 0.1) is 16.8 Å². The number of carbonyl (C=O) groups is 2. The van der Waals surface area contributed by atoms with Crippen molar-refractivity contribution in [3.8, 4) is 11.3 Å². The van der Waals surface area contributed by atoms with E-state index in [1.165, 1.54) is 0 Å². The lowest BCUT2D eigenvalue weighted by atomic mass is 10.0. The molecule has 1 fully saturated rings. The third-order valence-corrected chi connectivity index (χ3v) is 5.49. The van der Waals surface area contributed by atoms with Crippen molar-refractivity contribution in [1.29, 1.82) is 0 Å². The zero-order valence-electron chi connectivity index (χ0n) is 17.0. The molecule has 0 N–H and O–H groups in total. The van der Waals surface area contributed by atoms with E-state index in [1.54, 1.807) is 42.2 Å². The van der Waals surface area contributed by atoms with Crippen molar-refractivity contribution in [2.75, 3.05) is 20.1 Å². The number of benzene rings is 1. The number of carbonyl (C=O) groups excluding carboxylic acids is 2. The van der Waals surface area contributed by atoms with Crippen LogP contribution in [0.2, 0.25) is 0 Å². The van der Waals surface area contributed by atoms with Crippen molar-refractivity contribution >= 4 is 22.7 Å². The highest BCUT2D eigenvalue weighted by atomic mass is 16.2. The third-order valence-electron chi connectivity index (χ3n) is 5.49. The average molecular weight is 389 g/mol. The lowest BCUT2D eigenvalue weighted by Gasteiger charge is -2.37. The largest absolute Gasteiger partial charge is 0.342 e. The highest BCUT2D eigenvalue weighted by Gasteiger charge is 2.33. The molecule has 29 heavy (non-hydrogen) atoms. The minimum absolute atomic E-state index is 0.0497. The Labute approximate surface area is 169 Å². The van der Waals surface area contributed by atoms with E-state index in [9.17, 15) is 9.59 Å². The molecule has 148 valence electrons. The monoisotopic (exact) mass is 389 g/mol. The van der Waals surface area contributed by atoms with Crippen molar-refractivity contribution < 1.29 is 9.59 Å². The van der Waals surface area contributed by atoms with Crippen molar-refractivity contribution in [3.63, 3.8) is 0 Å². The molecule has 3 heterocycles. The number of fused-ring (bicyclic) bond motifs is 1. The van der Waals surface area contributed by atoms with Gasteiger partial charge in [0.2, 0.25) is 5.91 Å². The van der Waals surface area contributed by atoms with Gasteiger partial charge < -0.3 is 9.80 Å². The van der Waals surface area contributed by atoms with Gasteiger partial charge in [0.25, 0.3) is 5.91 Å². The van der Waals surface area contributed by atoms with Crippen LogP contribution < -0.4 is 0 Å². The van der Waals surface area contributed by atoms with Gasteiger partial charge in [-0.15, -0.1) is 0 Å². The number of likely N-dealkylation sites (N-methyl/N-ethyl adjacent to an activating group) is 1. The first kappa shape index (κ1) is 19.0. The van der Waals surface area contributed by atoms with E-state index < -0.39 is 6.04 Å². The summed E-state index contributed by atoms with van der Waals surface area (Å²) in [5, 5.41) is 0.783. The number of hydrogen-bond donors (Lipinski definition) is 0. The third kappa shape index (κ3) is 3.33. The molecule has 0 spiro atoms. The molecule has 4 rings (SSSR count). The fourth-order valence-electron chi connectivity index (χ4n) is 3.69. The van der Waals surface area contributed by atoms with Crippen molar-refractivity contribution in [2.45, 2.75) is 26.8 Å². The number of nitrogens with zero attached hydrogens (tertiary/aromatic N) is 5. The molecular formula is C22H23N5O2. The van der Waals surface area contributed by atoms with E-state index in [2.05, 4.69) is 9.97 Å². The topological polar surface area (TPSA) is 79.3 Å². The number of para-hydroxylation sites is 1. The first-order valence-electron chi connectivity index (χ1n) is 9.62. The number of pyridine rings is 1. The van der Waals surface area contributed by atoms with E-state index in [0.717, 1.165) is 22.0 Å². The molecule has 1 aliphatic heterocycles. The molecule has 3 aromatic rings. The summed E-state index contributed by atoms with van der Waals surface area (Å²) in [5.41, 5.74) is 3.68. The second-order valence-corrected chi connectivity index (χ2v) is 7.48. The van der Waals surface area contributed by atoms with Crippen LogP contribution in [0.3, 0.4) is 0 Å². The Morgan fingerprint density at radius 2 is 1.86 bits per heavy atom. The van der Waals surface area contributed by atoms with Crippen LogP contribution in [0.5, 0.6) is 0 Å². The molecule has 7 heteroatoms. The zero-order chi connectivity index (χ0) is 20.7. The van der Waals surface area contributed by atoms with Crippen LogP contribution >= 0.6 is 0 Å². The van der Waals surface area contributed by atoms with E-state index in [1.807, 2.05) is 32.0 Å². The normalized spacial score (nSPS) is 17.1. The van der Waals surface area contributed by atoms with Gasteiger partial charge in [-0.1, -0.05) is 18.2 Å². The first-order chi connectivity index (χ1) is 13.9. The van der Waals surface area contributed by atoms with Crippen LogP contribution in [0.25, 0.3) is 22.2 Å². The number of aryl methyl sites for hydroxylation is 2. The second-order valence-electron chi connectivity index (χ2n) is 7.48. The van der Waals surface area contributed by atoms with E-state index in [0.29, 0.717) is 30.2 Å². The van der Waals surface area contributed by atoms with Crippen LogP contribution in [0.15, 0.2) is 36.7 Å². The average Bonchev–Trinajstić information content (AvgIpc) is 2.72. The van der Waals surface area contributed by atoms with Gasteiger partial charge in [0.1, 0.15) is 11.9 Å². The SMILES string of the molecule is Cc1ncc(-c2cc(C(=O)N3CCN(C)C(=O)[C@H]3C)c3cccc(C)c3n2)cn1. The lowest BCUT2D eigenvalue weighted by Crippen LogP contribution is -2.56. The summed E-state index contributed by atoms with van der Waals surface area (Å²) in [6.07, 6.45) is 3.43. The predicted octanol–water partition coefficient (Wildman–Crippen LogP) is 2.61. The molecule has 0 saturated carbocycles. The molecule has 1 saturated heterocycles. The smallest absolute Gasteiger partial charge is 0.255 e. The predicted molar refractivity (Wildman–Crippen MR) is 110 cm³/mol. The van der Waals surface area contributed by atoms with Crippen molar-refractivity contribution in [3.05, 3.63) is 53.6 Å². The minimum atomic E-state index is -0.500. The molecule has 1 aromatic carbocycles. The standard InChI is InChI=1S/C22H23N5O2/c1-13-6-5-7-17-18(22(29)27-9-8-26(4)21(28)14(27)2)10-19(25-20(13)17)16-11-23-15(3)24-12-16/h5-7,10-12,14H,8-9H2,1-4H3/t14-/m1/s1. The molecular weight excluding hydrogens is 366 g/mol. The molecule has 2 amide bonds. The van der Waals surface area contributed by atoms with Crippen LogP contribution in [-0.2, 0) is 4.79 Å². The molecule has 0 aliphatic carbocycles. The molecule has 2 aromatic heterocycles. The summed E-state index contributed by atoms with van der Waals surface area (Å²) in [6, 6.07) is 7.08. The van der Waals surface area contributed by atoms with Crippen LogP contribution in [0.4, 0.5) is 0 Å². The fourth-order valence-corrected chi connectivity index (χ4v) is 3.69. The fraction of sp³-hybridized carbons (Fsp3) is 0.318. The Morgan fingerprint density at radius 1 is 1.14 bits per heavy atom. The number of amides is 2. The van der Waals surface area contributed by atoms with Crippen molar-refractivity contribution in [1.82, 2.24) is 24.8 Å². The summed E-state index contributed by atoms with van der Waals surface area (Å²) in [4.78, 5) is 42.5. The minimum Gasteiger partial charge on any atom is -0.342 e. The summed E-state index contributed by atoms with van der Waals surface area (Å²) >= 11 is 0. The van der Waals surface area contributed by atoms with Gasteiger partial charge >= 0.3 is 0 Å². The Morgan fingerprint density at radius 3 is 2.59 bits per heavy atom. The Bertz CT molecular complexity index is 1110. The van der Waals surface area contributed by atoms with Gasteiger partial charge in [-0.25, -0.2) is 15.0 Å². The Hall–Kier alpha value is -3.35. The van der Waals surface area contributed by atoms with Gasteiger partial charge in [-0.05, 0) is 32.4 Å². The molecule has 0 bridgehead atoms. The molecule has 1 aliphatic rings. The number of rotatable bonds is 2. The lowest BCUT2D eigenvalue weighted by molar-refractivity contribution is -0.137. The Balaban J connectivity index is 1.86. The van der Waals surface area contributed by atoms with Gasteiger partial charge in [0.15, 0.2) is 0 Å². The number of piperazine rings is 1. The first-order valence-corrected chi connectivity index (χ1v) is 9.62. The van der Waals surface area contributed by atoms with Crippen LogP contribution in [0, 0.1) is 13.8 Å². The summed E-state index contributed by atoms with van der Waals surface area (Å²) in [7, 11) is 1.77. The maximum atomic E-state index is 13.5. The van der Waals surface area contributed by atoms with Crippen LogP contribution in [-0.4, -0.2) is 62.7 Å². The Kier molecular flexibility index (Phi) is 4.74. The number of hydrogen-bond acceptors (Lipinski definition) is 5. The van der Waals surface area contributed by atoms with E-state index >= 15 is 0 Å². The molecule has 7 nitrogen and oxygen atoms in total. The quantitative estimate of drug-likeness (QED) is 0.673. The molecule has 0 radical (unpaired) electrons. The van der Waals surface area contributed by atoms with E-state index in [-0.39, 0.29) is 11.8 Å². The van der Waals surface area contributed by atoms with Crippen molar-refractivity contribution in [2.24, 2.45) is 0 Å². The van der Waals surface area contributed by atoms with Gasteiger partial charge in [-0.2, -0.15) is 0 Å². The maximum Gasteiger partial charge on any atom is 0.255 e. The highest BCUT2D eigenvalue weighted by molar-refractivity contribution is 6.09. The van der Waals surface area contributed by atoms with E-state index in [4.69, 9.17) is 4.98 Å². The second kappa shape index (κ2) is 7.24. The maximum absolute atomic E-state index is 13.5. The summed E-state index contributed by atoms with van der Waals surface area (Å²) < 4.78 is 0. The van der Waals surface area contributed by atoms with Crippen LogP contribution in [0.1, 0.15) is 28.7 Å². The zero-order valence-corrected chi connectivity index (χ0v) is 17.0. The van der Waals surface area contributed by atoms with Gasteiger partial charge in [-0.3, -0.25) is 9.59 Å².